The van der Waals surface area contributed by atoms with E-state index in [0.717, 1.165) is 22.6 Å². The van der Waals surface area contributed by atoms with Gasteiger partial charge in [-0.3, -0.25) is 0 Å². The van der Waals surface area contributed by atoms with Crippen molar-refractivity contribution < 1.29 is 5.11 Å². The predicted octanol–water partition coefficient (Wildman–Crippen LogP) is 3.78. The number of hydrogen-bond acceptors (Lipinski definition) is 5. The van der Waals surface area contributed by atoms with Crippen molar-refractivity contribution in [3.05, 3.63) is 53.2 Å². The molecule has 1 N–H and O–H groups in total. The number of aryl methyl sites for hydroxylation is 1. The Morgan fingerprint density at radius 1 is 1.22 bits per heavy atom. The molecule has 1 aromatic carbocycles. The van der Waals surface area contributed by atoms with Gasteiger partial charge >= 0.3 is 0 Å². The molecular formula is C18H21N3OS. The normalized spacial score (nSPS) is 12.5. The van der Waals surface area contributed by atoms with Crippen molar-refractivity contribution in [1.29, 1.82) is 0 Å². The molecule has 0 amide bonds. The van der Waals surface area contributed by atoms with E-state index in [2.05, 4.69) is 59.0 Å². The van der Waals surface area contributed by atoms with Gasteiger partial charge in [0.05, 0.1) is 5.39 Å². The second kappa shape index (κ2) is 7.06. The Bertz CT molecular complexity index is 772. The predicted molar refractivity (Wildman–Crippen MR) is 95.9 cm³/mol. The van der Waals surface area contributed by atoms with Crippen LogP contribution >= 0.6 is 11.3 Å². The summed E-state index contributed by atoms with van der Waals surface area (Å²) in [6.45, 7) is 5.16. The number of thiophene rings is 1. The van der Waals surface area contributed by atoms with Crippen LogP contribution in [0.4, 0.5) is 5.82 Å². The number of fused-ring (bicyclic) bond motifs is 1. The number of aliphatic hydroxyl groups is 1. The Morgan fingerprint density at radius 2 is 2.00 bits per heavy atom. The van der Waals surface area contributed by atoms with Gasteiger partial charge in [0.2, 0.25) is 0 Å². The molecule has 2 aromatic heterocycles. The minimum Gasteiger partial charge on any atom is -0.396 e. The van der Waals surface area contributed by atoms with Crippen LogP contribution in [0.3, 0.4) is 0 Å². The van der Waals surface area contributed by atoms with Crippen molar-refractivity contribution in [3.63, 3.8) is 0 Å². The SMILES string of the molecule is Cc1cc2c(N(Cc3ccccc3)C(C)CCO)ncnc2s1. The van der Waals surface area contributed by atoms with Crippen molar-refractivity contribution in [2.75, 3.05) is 11.5 Å². The lowest BCUT2D eigenvalue weighted by atomic mass is 10.1. The van der Waals surface area contributed by atoms with Gasteiger partial charge in [-0.15, -0.1) is 11.3 Å². The summed E-state index contributed by atoms with van der Waals surface area (Å²) in [5.41, 5.74) is 1.23. The third-order valence-electron chi connectivity index (χ3n) is 3.98. The standard InChI is InChI=1S/C18H21N3OS/c1-13(8-9-22)21(11-15-6-4-3-5-7-15)17-16-10-14(2)23-18(16)20-12-19-17/h3-7,10,12-13,22H,8-9,11H2,1-2H3. The molecule has 4 nitrogen and oxygen atoms in total. The average molecular weight is 327 g/mol. The summed E-state index contributed by atoms with van der Waals surface area (Å²) >= 11 is 1.69. The van der Waals surface area contributed by atoms with Gasteiger partial charge in [0.1, 0.15) is 17.0 Å². The van der Waals surface area contributed by atoms with Crippen LogP contribution < -0.4 is 4.90 Å². The number of benzene rings is 1. The van der Waals surface area contributed by atoms with Crippen molar-refractivity contribution in [3.8, 4) is 0 Å². The van der Waals surface area contributed by atoms with Crippen LogP contribution in [0.25, 0.3) is 10.2 Å². The van der Waals surface area contributed by atoms with Crippen LogP contribution in [0, 0.1) is 6.92 Å². The molecule has 1 atom stereocenters. The van der Waals surface area contributed by atoms with Crippen LogP contribution in [0.5, 0.6) is 0 Å². The second-order valence-corrected chi connectivity index (χ2v) is 6.98. The maximum absolute atomic E-state index is 9.36. The Balaban J connectivity index is 2.02. The molecule has 5 heteroatoms. The van der Waals surface area contributed by atoms with Crippen molar-refractivity contribution in [2.24, 2.45) is 0 Å². The lowest BCUT2D eigenvalue weighted by Gasteiger charge is -2.30. The summed E-state index contributed by atoms with van der Waals surface area (Å²) in [6.07, 6.45) is 2.35. The first-order valence-electron chi connectivity index (χ1n) is 7.81. The lowest BCUT2D eigenvalue weighted by molar-refractivity contribution is 0.275. The van der Waals surface area contributed by atoms with E-state index in [1.54, 1.807) is 17.7 Å². The highest BCUT2D eigenvalue weighted by molar-refractivity contribution is 7.18. The molecule has 0 radical (unpaired) electrons. The molecule has 0 saturated heterocycles. The Labute approximate surface area is 140 Å². The highest BCUT2D eigenvalue weighted by atomic mass is 32.1. The topological polar surface area (TPSA) is 49.2 Å². The summed E-state index contributed by atoms with van der Waals surface area (Å²) in [6, 6.07) is 12.7. The molecule has 0 saturated carbocycles. The van der Waals surface area contributed by atoms with Crippen molar-refractivity contribution in [1.82, 2.24) is 9.97 Å². The van der Waals surface area contributed by atoms with Crippen LogP contribution in [0.2, 0.25) is 0 Å². The summed E-state index contributed by atoms with van der Waals surface area (Å²) < 4.78 is 0. The highest BCUT2D eigenvalue weighted by Gasteiger charge is 2.19. The molecule has 0 spiro atoms. The zero-order chi connectivity index (χ0) is 16.2. The van der Waals surface area contributed by atoms with Crippen LogP contribution in [0.15, 0.2) is 42.7 Å². The van der Waals surface area contributed by atoms with Gasteiger partial charge in [0.25, 0.3) is 0 Å². The maximum atomic E-state index is 9.36. The van der Waals surface area contributed by atoms with E-state index < -0.39 is 0 Å². The summed E-state index contributed by atoms with van der Waals surface area (Å²) in [4.78, 5) is 13.5. The minimum atomic E-state index is 0.170. The molecule has 2 heterocycles. The van der Waals surface area contributed by atoms with E-state index in [0.29, 0.717) is 6.42 Å². The van der Waals surface area contributed by atoms with Gasteiger partial charge in [-0.2, -0.15) is 0 Å². The van der Waals surface area contributed by atoms with Crippen molar-refractivity contribution in [2.45, 2.75) is 32.9 Å². The molecule has 0 fully saturated rings. The molecule has 0 aliphatic carbocycles. The van der Waals surface area contributed by atoms with E-state index >= 15 is 0 Å². The number of aromatic nitrogens is 2. The molecule has 0 bridgehead atoms. The Kier molecular flexibility index (Phi) is 4.88. The fourth-order valence-corrected chi connectivity index (χ4v) is 3.60. The molecular weight excluding hydrogens is 306 g/mol. The van der Waals surface area contributed by atoms with E-state index in [1.807, 2.05) is 6.07 Å². The van der Waals surface area contributed by atoms with Crippen LogP contribution in [-0.2, 0) is 6.54 Å². The van der Waals surface area contributed by atoms with Gasteiger partial charge in [-0.05, 0) is 31.9 Å². The van der Waals surface area contributed by atoms with Gasteiger partial charge in [0.15, 0.2) is 0 Å². The number of nitrogens with zero attached hydrogens (tertiary/aromatic N) is 3. The van der Waals surface area contributed by atoms with Gasteiger partial charge < -0.3 is 10.0 Å². The van der Waals surface area contributed by atoms with Gasteiger partial charge in [0, 0.05) is 24.1 Å². The zero-order valence-corrected chi connectivity index (χ0v) is 14.3. The van der Waals surface area contributed by atoms with E-state index in [-0.39, 0.29) is 12.6 Å². The zero-order valence-electron chi connectivity index (χ0n) is 13.4. The fraction of sp³-hybridized carbons (Fsp3) is 0.333. The summed E-state index contributed by atoms with van der Waals surface area (Å²) in [7, 11) is 0. The first-order valence-corrected chi connectivity index (χ1v) is 8.63. The number of rotatable bonds is 6. The summed E-state index contributed by atoms with van der Waals surface area (Å²) in [5, 5.41) is 10.5. The quantitative estimate of drug-likeness (QED) is 0.748. The molecule has 23 heavy (non-hydrogen) atoms. The van der Waals surface area contributed by atoms with E-state index in [9.17, 15) is 5.11 Å². The molecule has 1 unspecified atom stereocenters. The van der Waals surface area contributed by atoms with Gasteiger partial charge in [-0.25, -0.2) is 9.97 Å². The molecule has 0 aliphatic rings. The number of hydrogen-bond donors (Lipinski definition) is 1. The second-order valence-electron chi connectivity index (χ2n) is 5.75. The third kappa shape index (κ3) is 3.51. The average Bonchev–Trinajstić information content (AvgIpc) is 2.94. The monoisotopic (exact) mass is 327 g/mol. The maximum Gasteiger partial charge on any atom is 0.141 e. The lowest BCUT2D eigenvalue weighted by Crippen LogP contribution is -2.34. The van der Waals surface area contributed by atoms with Crippen LogP contribution in [0.1, 0.15) is 23.8 Å². The highest BCUT2D eigenvalue weighted by Crippen LogP contribution is 2.31. The van der Waals surface area contributed by atoms with E-state index in [4.69, 9.17) is 0 Å². The third-order valence-corrected chi connectivity index (χ3v) is 4.94. The van der Waals surface area contributed by atoms with Crippen molar-refractivity contribution >= 4 is 27.4 Å². The fourth-order valence-electron chi connectivity index (χ4n) is 2.75. The first kappa shape index (κ1) is 15.9. The van der Waals surface area contributed by atoms with Gasteiger partial charge in [-0.1, -0.05) is 30.3 Å². The smallest absolute Gasteiger partial charge is 0.141 e. The largest absolute Gasteiger partial charge is 0.396 e. The molecule has 3 aromatic rings. The Hall–Kier alpha value is -1.98. The summed E-state index contributed by atoms with van der Waals surface area (Å²) in [5.74, 6) is 0.948. The molecule has 120 valence electrons. The number of aliphatic hydroxyl groups excluding tert-OH is 1. The number of anilines is 1. The molecule has 3 rings (SSSR count). The first-order chi connectivity index (χ1) is 11.2. The van der Waals surface area contributed by atoms with E-state index in [1.165, 1.54) is 10.4 Å². The molecule has 0 aliphatic heterocycles. The Morgan fingerprint density at radius 3 is 2.74 bits per heavy atom. The minimum absolute atomic E-state index is 0.170. The van der Waals surface area contributed by atoms with Crippen LogP contribution in [-0.4, -0.2) is 27.7 Å².